The summed E-state index contributed by atoms with van der Waals surface area (Å²) < 4.78 is 10.7. The number of benzene rings is 2. The first-order chi connectivity index (χ1) is 17.6. The molecule has 5 rings (SSSR count). The van der Waals surface area contributed by atoms with Gasteiger partial charge in [0.15, 0.2) is 0 Å². The van der Waals surface area contributed by atoms with E-state index in [0.29, 0.717) is 17.9 Å². The highest BCUT2D eigenvalue weighted by Crippen LogP contribution is 2.42. The van der Waals surface area contributed by atoms with Crippen LogP contribution in [-0.4, -0.2) is 17.9 Å². The van der Waals surface area contributed by atoms with Crippen molar-refractivity contribution in [2.45, 2.75) is 25.4 Å². The quantitative estimate of drug-likeness (QED) is 0.297. The summed E-state index contributed by atoms with van der Waals surface area (Å²) in [6.45, 7) is 2.01. The molecule has 36 heavy (non-hydrogen) atoms. The van der Waals surface area contributed by atoms with Crippen LogP contribution in [-0.2, 0) is 9.59 Å². The van der Waals surface area contributed by atoms with E-state index in [9.17, 15) is 9.59 Å². The summed E-state index contributed by atoms with van der Waals surface area (Å²) in [6, 6.07) is 24.1. The maximum Gasteiger partial charge on any atom is 0.251 e. The van der Waals surface area contributed by atoms with E-state index in [2.05, 4.69) is 0 Å². The molecule has 0 bridgehead atoms. The van der Waals surface area contributed by atoms with Crippen LogP contribution in [0.3, 0.4) is 0 Å². The van der Waals surface area contributed by atoms with Crippen molar-refractivity contribution in [3.8, 4) is 0 Å². The Balaban J connectivity index is 1.51. The normalized spacial score (nSPS) is 17.4. The maximum atomic E-state index is 13.6. The van der Waals surface area contributed by atoms with Crippen molar-refractivity contribution in [3.63, 3.8) is 0 Å². The highest BCUT2D eigenvalue weighted by Gasteiger charge is 2.37. The molecule has 0 spiro atoms. The monoisotopic (exact) mass is 478 g/mol. The predicted octanol–water partition coefficient (Wildman–Crippen LogP) is 6.50. The third-order valence-electron chi connectivity index (χ3n) is 6.25. The second kappa shape index (κ2) is 10.4. The maximum absolute atomic E-state index is 13.6. The molecular formula is C30H26N2O4. The Hall–Kier alpha value is -4.58. The SMILES string of the molecule is C[C@H]1C[C@@H](N(C(=O)/C=C/c2ccco2)c2ccccc2)c2ccccc2N1C(=O)/C=C/c1ccco1. The van der Waals surface area contributed by atoms with E-state index in [4.69, 9.17) is 8.83 Å². The minimum absolute atomic E-state index is 0.139. The average molecular weight is 479 g/mol. The van der Waals surface area contributed by atoms with Crippen LogP contribution in [0.15, 0.2) is 112 Å². The summed E-state index contributed by atoms with van der Waals surface area (Å²) in [5.74, 6) is 0.916. The van der Waals surface area contributed by atoms with Gasteiger partial charge >= 0.3 is 0 Å². The number of amides is 2. The lowest BCUT2D eigenvalue weighted by molar-refractivity contribution is -0.114. The zero-order valence-corrected chi connectivity index (χ0v) is 19.9. The molecule has 6 nitrogen and oxygen atoms in total. The van der Waals surface area contributed by atoms with Gasteiger partial charge in [0.2, 0.25) is 0 Å². The van der Waals surface area contributed by atoms with Gasteiger partial charge in [0, 0.05) is 29.6 Å². The Morgan fingerprint density at radius 3 is 2.14 bits per heavy atom. The molecule has 0 fully saturated rings. The first-order valence-electron chi connectivity index (χ1n) is 11.9. The number of fused-ring (bicyclic) bond motifs is 1. The van der Waals surface area contributed by atoms with Crippen LogP contribution in [0.5, 0.6) is 0 Å². The topological polar surface area (TPSA) is 66.9 Å². The van der Waals surface area contributed by atoms with E-state index in [1.165, 1.54) is 12.2 Å². The zero-order chi connectivity index (χ0) is 24.9. The first kappa shape index (κ1) is 23.2. The van der Waals surface area contributed by atoms with Crippen LogP contribution < -0.4 is 9.80 Å². The number of anilines is 2. The van der Waals surface area contributed by atoms with E-state index < -0.39 is 0 Å². The Morgan fingerprint density at radius 1 is 0.833 bits per heavy atom. The fourth-order valence-corrected chi connectivity index (χ4v) is 4.65. The number of carbonyl (C=O) groups excluding carboxylic acids is 2. The van der Waals surface area contributed by atoms with Crippen molar-refractivity contribution in [3.05, 3.63) is 121 Å². The number of hydrogen-bond acceptors (Lipinski definition) is 4. The number of rotatable bonds is 6. The van der Waals surface area contributed by atoms with Crippen molar-refractivity contribution < 1.29 is 18.4 Å². The Morgan fingerprint density at radius 2 is 1.47 bits per heavy atom. The fourth-order valence-electron chi connectivity index (χ4n) is 4.65. The molecule has 180 valence electrons. The van der Waals surface area contributed by atoms with Gasteiger partial charge in [-0.3, -0.25) is 9.59 Å². The molecule has 1 aliphatic rings. The summed E-state index contributed by atoms with van der Waals surface area (Å²) in [5.41, 5.74) is 2.49. The van der Waals surface area contributed by atoms with E-state index in [1.54, 1.807) is 58.7 Å². The van der Waals surface area contributed by atoms with Gasteiger partial charge < -0.3 is 18.6 Å². The van der Waals surface area contributed by atoms with Gasteiger partial charge in [0.25, 0.3) is 11.8 Å². The third kappa shape index (κ3) is 4.79. The van der Waals surface area contributed by atoms with Crippen molar-refractivity contribution in [2.75, 3.05) is 9.80 Å². The highest BCUT2D eigenvalue weighted by atomic mass is 16.3. The van der Waals surface area contributed by atoms with Crippen LogP contribution in [0.25, 0.3) is 12.2 Å². The van der Waals surface area contributed by atoms with Crippen molar-refractivity contribution >= 4 is 35.3 Å². The molecule has 0 radical (unpaired) electrons. The van der Waals surface area contributed by atoms with Crippen LogP contribution in [0.4, 0.5) is 11.4 Å². The summed E-state index contributed by atoms with van der Waals surface area (Å²) in [6.07, 6.45) is 10.1. The van der Waals surface area contributed by atoms with E-state index in [0.717, 1.165) is 16.9 Å². The van der Waals surface area contributed by atoms with Crippen molar-refractivity contribution in [1.82, 2.24) is 0 Å². The molecule has 0 saturated heterocycles. The molecule has 0 N–H and O–H groups in total. The second-order valence-electron chi connectivity index (χ2n) is 8.61. The summed E-state index contributed by atoms with van der Waals surface area (Å²) in [7, 11) is 0. The molecule has 1 aliphatic heterocycles. The molecule has 0 saturated carbocycles. The summed E-state index contributed by atoms with van der Waals surface area (Å²) in [5, 5.41) is 0. The average Bonchev–Trinajstić information content (AvgIpc) is 3.61. The summed E-state index contributed by atoms with van der Waals surface area (Å²) >= 11 is 0. The van der Waals surface area contributed by atoms with Crippen LogP contribution in [0.2, 0.25) is 0 Å². The minimum Gasteiger partial charge on any atom is -0.465 e. The fraction of sp³-hybridized carbons (Fsp3) is 0.133. The Labute approximate surface area is 209 Å². The van der Waals surface area contributed by atoms with Gasteiger partial charge in [-0.05, 0) is 73.5 Å². The molecule has 2 aromatic carbocycles. The predicted molar refractivity (Wildman–Crippen MR) is 140 cm³/mol. The lowest BCUT2D eigenvalue weighted by atomic mass is 9.89. The van der Waals surface area contributed by atoms with Gasteiger partial charge in [-0.2, -0.15) is 0 Å². The zero-order valence-electron chi connectivity index (χ0n) is 19.9. The number of furan rings is 2. The molecule has 2 atom stereocenters. The standard InChI is InChI=1S/C30H26N2O4/c1-22-21-28(32(23-9-3-2-4-10-23)30(34)18-16-25-12-8-20-36-25)26-13-5-6-14-27(26)31(22)29(33)17-15-24-11-7-19-35-24/h2-20,22,28H,21H2,1H3/b17-15+,18-16+/t22-,28+/m0/s1. The van der Waals surface area contributed by atoms with E-state index >= 15 is 0 Å². The van der Waals surface area contributed by atoms with Gasteiger partial charge in [0.1, 0.15) is 11.5 Å². The largest absolute Gasteiger partial charge is 0.465 e. The number of carbonyl (C=O) groups is 2. The molecule has 0 aliphatic carbocycles. The molecular weight excluding hydrogens is 452 g/mol. The van der Waals surface area contributed by atoms with Crippen molar-refractivity contribution in [2.24, 2.45) is 0 Å². The third-order valence-corrected chi connectivity index (χ3v) is 6.25. The Kier molecular flexibility index (Phi) is 6.67. The van der Waals surface area contributed by atoms with Gasteiger partial charge in [-0.15, -0.1) is 0 Å². The minimum atomic E-state index is -0.259. The van der Waals surface area contributed by atoms with Gasteiger partial charge in [-0.1, -0.05) is 36.4 Å². The number of hydrogen-bond donors (Lipinski definition) is 0. The molecule has 6 heteroatoms. The molecule has 2 aromatic heterocycles. The first-order valence-corrected chi connectivity index (χ1v) is 11.9. The van der Waals surface area contributed by atoms with Gasteiger partial charge in [0.05, 0.1) is 18.6 Å². The highest BCUT2D eigenvalue weighted by molar-refractivity contribution is 6.07. The van der Waals surface area contributed by atoms with E-state index in [-0.39, 0.29) is 23.9 Å². The Bertz CT molecular complexity index is 1370. The lowest BCUT2D eigenvalue weighted by Gasteiger charge is -2.43. The molecule has 3 heterocycles. The molecule has 2 amide bonds. The molecule has 4 aromatic rings. The smallest absolute Gasteiger partial charge is 0.251 e. The number of para-hydroxylation sites is 2. The van der Waals surface area contributed by atoms with Gasteiger partial charge in [-0.25, -0.2) is 0 Å². The molecule has 0 unspecified atom stereocenters. The van der Waals surface area contributed by atoms with Crippen LogP contribution in [0, 0.1) is 0 Å². The number of nitrogens with zero attached hydrogens (tertiary/aromatic N) is 2. The lowest BCUT2D eigenvalue weighted by Crippen LogP contribution is -2.47. The van der Waals surface area contributed by atoms with Crippen LogP contribution in [0.1, 0.15) is 36.5 Å². The van der Waals surface area contributed by atoms with Crippen molar-refractivity contribution in [1.29, 1.82) is 0 Å². The summed E-state index contributed by atoms with van der Waals surface area (Å²) in [4.78, 5) is 30.5. The van der Waals surface area contributed by atoms with Crippen LogP contribution >= 0.6 is 0 Å². The second-order valence-corrected chi connectivity index (χ2v) is 8.61. The van der Waals surface area contributed by atoms with E-state index in [1.807, 2.05) is 61.5 Å².